The third-order valence-corrected chi connectivity index (χ3v) is 5.82. The second-order valence-corrected chi connectivity index (χ2v) is 9.74. The standard InChI is InChI=1S/C24H28ClFN6O2/c1-24(2,3)34-23(33)30-15-10-9-14(12-15)29-20-16(13-28-32-11-5-8-19(20)32)22(27)31-21-17(25)6-4-7-18(21)26/h4-8,11,13-15,29H,9-10,12H2,1-3H3,(H2,27,31)(H,30,33)/t14-,15+/m1/s1. The summed E-state index contributed by atoms with van der Waals surface area (Å²) in [6.45, 7) is 5.50. The highest BCUT2D eigenvalue weighted by atomic mass is 35.5. The highest BCUT2D eigenvalue weighted by Gasteiger charge is 2.29. The zero-order valence-electron chi connectivity index (χ0n) is 19.3. The number of ether oxygens (including phenoxy) is 1. The average Bonchev–Trinajstić information content (AvgIpc) is 3.39. The maximum absolute atomic E-state index is 14.3. The lowest BCUT2D eigenvalue weighted by Gasteiger charge is -2.22. The number of carbonyl (C=O) groups excluding carboxylic acids is 1. The van der Waals surface area contributed by atoms with Gasteiger partial charge in [0.05, 0.1) is 28.0 Å². The number of aromatic nitrogens is 2. The Balaban J connectivity index is 1.57. The fourth-order valence-corrected chi connectivity index (χ4v) is 4.24. The van der Waals surface area contributed by atoms with Crippen LogP contribution < -0.4 is 16.4 Å². The molecule has 34 heavy (non-hydrogen) atoms. The van der Waals surface area contributed by atoms with Crippen LogP contribution in [0.5, 0.6) is 0 Å². The summed E-state index contributed by atoms with van der Waals surface area (Å²) in [7, 11) is 0. The van der Waals surface area contributed by atoms with Crippen LogP contribution in [0.1, 0.15) is 45.6 Å². The molecule has 1 aromatic carbocycles. The van der Waals surface area contributed by atoms with Gasteiger partial charge in [0.15, 0.2) is 0 Å². The van der Waals surface area contributed by atoms with Crippen molar-refractivity contribution in [3.63, 3.8) is 0 Å². The molecule has 0 radical (unpaired) electrons. The number of nitrogens with one attached hydrogen (secondary N) is 2. The van der Waals surface area contributed by atoms with Crippen molar-refractivity contribution in [2.75, 3.05) is 5.32 Å². The molecule has 2 aromatic heterocycles. The predicted molar refractivity (Wildman–Crippen MR) is 131 cm³/mol. The molecular weight excluding hydrogens is 459 g/mol. The summed E-state index contributed by atoms with van der Waals surface area (Å²) in [4.78, 5) is 16.4. The molecule has 8 nitrogen and oxygen atoms in total. The molecule has 0 spiro atoms. The molecule has 3 aromatic rings. The fraction of sp³-hybridized carbons (Fsp3) is 0.375. The van der Waals surface area contributed by atoms with Crippen molar-refractivity contribution in [3.05, 3.63) is 59.1 Å². The van der Waals surface area contributed by atoms with E-state index >= 15 is 0 Å². The number of amidine groups is 1. The molecule has 10 heteroatoms. The number of nitrogens with zero attached hydrogens (tertiary/aromatic N) is 3. The van der Waals surface area contributed by atoms with Crippen LogP contribution in [0.4, 0.5) is 20.6 Å². The van der Waals surface area contributed by atoms with E-state index in [9.17, 15) is 9.18 Å². The van der Waals surface area contributed by atoms with Crippen molar-refractivity contribution in [1.29, 1.82) is 0 Å². The highest BCUT2D eigenvalue weighted by molar-refractivity contribution is 6.33. The molecule has 2 atom stereocenters. The van der Waals surface area contributed by atoms with Crippen LogP contribution in [0, 0.1) is 5.82 Å². The SMILES string of the molecule is CC(C)(C)OC(=O)N[C@H]1CC[C@@H](Nc2c(/C(N)=N/c3c(F)cccc3Cl)cnn3cccc23)C1. The maximum atomic E-state index is 14.3. The number of amides is 1. The predicted octanol–water partition coefficient (Wildman–Crippen LogP) is 5.02. The van der Waals surface area contributed by atoms with Crippen LogP contribution in [0.25, 0.3) is 5.52 Å². The summed E-state index contributed by atoms with van der Waals surface area (Å²) in [5.74, 6) is -0.472. The largest absolute Gasteiger partial charge is 0.444 e. The topological polar surface area (TPSA) is 106 Å². The van der Waals surface area contributed by atoms with Crippen LogP contribution in [0.3, 0.4) is 0 Å². The first kappa shape index (κ1) is 23.8. The molecular formula is C24H28ClFN6O2. The van der Waals surface area contributed by atoms with Crippen molar-refractivity contribution >= 4 is 40.4 Å². The van der Waals surface area contributed by atoms with E-state index in [0.29, 0.717) is 12.0 Å². The molecule has 0 saturated heterocycles. The molecule has 1 aliphatic rings. The Labute approximate surface area is 202 Å². The van der Waals surface area contributed by atoms with Crippen molar-refractivity contribution in [2.45, 2.75) is 57.7 Å². The minimum absolute atomic E-state index is 0.0105. The lowest BCUT2D eigenvalue weighted by Crippen LogP contribution is -2.38. The molecule has 1 amide bonds. The Hall–Kier alpha value is -3.33. The minimum Gasteiger partial charge on any atom is -0.444 e. The van der Waals surface area contributed by atoms with E-state index in [1.165, 1.54) is 12.1 Å². The summed E-state index contributed by atoms with van der Waals surface area (Å²) in [5, 5.41) is 11.0. The van der Waals surface area contributed by atoms with E-state index in [2.05, 4.69) is 20.7 Å². The zero-order chi connectivity index (χ0) is 24.5. The Bertz CT molecular complexity index is 1220. The Morgan fingerprint density at radius 1 is 1.26 bits per heavy atom. The van der Waals surface area contributed by atoms with Gasteiger partial charge >= 0.3 is 6.09 Å². The normalized spacial score (nSPS) is 18.8. The Morgan fingerprint density at radius 3 is 2.76 bits per heavy atom. The number of halogens is 2. The second-order valence-electron chi connectivity index (χ2n) is 9.34. The monoisotopic (exact) mass is 486 g/mol. The van der Waals surface area contributed by atoms with Crippen LogP contribution in [0.15, 0.2) is 47.7 Å². The number of hydrogen-bond donors (Lipinski definition) is 3. The van der Waals surface area contributed by atoms with Crippen molar-refractivity contribution in [1.82, 2.24) is 14.9 Å². The molecule has 0 bridgehead atoms. The number of para-hydroxylation sites is 1. The summed E-state index contributed by atoms with van der Waals surface area (Å²) >= 11 is 6.13. The number of nitrogens with two attached hydrogens (primary N) is 1. The van der Waals surface area contributed by atoms with Crippen LogP contribution in [-0.4, -0.2) is 39.2 Å². The number of aliphatic imine (C=N–C) groups is 1. The number of carbonyl (C=O) groups is 1. The molecule has 2 heterocycles. The summed E-state index contributed by atoms with van der Waals surface area (Å²) in [6.07, 6.45) is 5.36. The van der Waals surface area contributed by atoms with Gasteiger partial charge in [0, 0.05) is 18.3 Å². The number of hydrogen-bond acceptors (Lipinski definition) is 5. The molecule has 4 rings (SSSR count). The molecule has 0 unspecified atom stereocenters. The summed E-state index contributed by atoms with van der Waals surface area (Å²) < 4.78 is 21.4. The maximum Gasteiger partial charge on any atom is 0.407 e. The van der Waals surface area contributed by atoms with E-state index in [0.717, 1.165) is 24.0 Å². The summed E-state index contributed by atoms with van der Waals surface area (Å²) in [6, 6.07) is 8.19. The van der Waals surface area contributed by atoms with E-state index in [1.54, 1.807) is 16.8 Å². The van der Waals surface area contributed by atoms with Gasteiger partial charge in [-0.1, -0.05) is 17.7 Å². The molecule has 0 aliphatic heterocycles. The van der Waals surface area contributed by atoms with E-state index in [4.69, 9.17) is 22.1 Å². The van der Waals surface area contributed by atoms with Gasteiger partial charge in [-0.25, -0.2) is 18.7 Å². The number of benzene rings is 1. The third kappa shape index (κ3) is 5.41. The lowest BCUT2D eigenvalue weighted by molar-refractivity contribution is 0.0505. The van der Waals surface area contributed by atoms with E-state index in [1.807, 2.05) is 39.1 Å². The van der Waals surface area contributed by atoms with Gasteiger partial charge in [-0.3, -0.25) is 0 Å². The molecule has 4 N–H and O–H groups in total. The van der Waals surface area contributed by atoms with Crippen LogP contribution in [0.2, 0.25) is 5.02 Å². The van der Waals surface area contributed by atoms with Crippen molar-refractivity contribution < 1.29 is 13.9 Å². The van der Waals surface area contributed by atoms with E-state index in [-0.39, 0.29) is 28.6 Å². The first-order chi connectivity index (χ1) is 16.1. The quantitative estimate of drug-likeness (QED) is 0.347. The van der Waals surface area contributed by atoms with Gasteiger partial charge in [-0.05, 0) is 64.3 Å². The van der Waals surface area contributed by atoms with E-state index < -0.39 is 17.5 Å². The van der Waals surface area contributed by atoms with Gasteiger partial charge < -0.3 is 21.1 Å². The second kappa shape index (κ2) is 9.50. The summed E-state index contributed by atoms with van der Waals surface area (Å²) in [5.41, 5.74) is 7.81. The molecule has 180 valence electrons. The zero-order valence-corrected chi connectivity index (χ0v) is 20.1. The van der Waals surface area contributed by atoms with Gasteiger partial charge in [-0.15, -0.1) is 0 Å². The van der Waals surface area contributed by atoms with Gasteiger partial charge in [0.1, 0.15) is 22.9 Å². The Morgan fingerprint density at radius 2 is 2.03 bits per heavy atom. The van der Waals surface area contributed by atoms with Crippen molar-refractivity contribution in [3.8, 4) is 0 Å². The first-order valence-electron chi connectivity index (χ1n) is 11.1. The number of rotatable bonds is 5. The van der Waals surface area contributed by atoms with Gasteiger partial charge in [-0.2, -0.15) is 5.10 Å². The molecule has 1 aliphatic carbocycles. The van der Waals surface area contributed by atoms with Gasteiger partial charge in [0.25, 0.3) is 0 Å². The number of fused-ring (bicyclic) bond motifs is 1. The first-order valence-corrected chi connectivity index (χ1v) is 11.5. The average molecular weight is 487 g/mol. The molecule has 1 fully saturated rings. The molecule has 1 saturated carbocycles. The number of anilines is 1. The van der Waals surface area contributed by atoms with Gasteiger partial charge in [0.2, 0.25) is 0 Å². The van der Waals surface area contributed by atoms with Crippen LogP contribution in [-0.2, 0) is 4.74 Å². The van der Waals surface area contributed by atoms with Crippen molar-refractivity contribution in [2.24, 2.45) is 10.7 Å². The smallest absolute Gasteiger partial charge is 0.407 e. The number of alkyl carbamates (subject to hydrolysis) is 1. The minimum atomic E-state index is -0.562. The van der Waals surface area contributed by atoms with Crippen LogP contribution >= 0.6 is 11.6 Å². The fourth-order valence-electron chi connectivity index (χ4n) is 4.04. The highest BCUT2D eigenvalue weighted by Crippen LogP contribution is 2.31. The Kier molecular flexibility index (Phi) is 6.65. The lowest BCUT2D eigenvalue weighted by atomic mass is 10.1. The third-order valence-electron chi connectivity index (χ3n) is 5.51.